The smallest absolute Gasteiger partial charge is 0.244 e. The van der Waals surface area contributed by atoms with Crippen molar-refractivity contribution >= 4 is 34.2 Å². The lowest BCUT2D eigenvalue weighted by molar-refractivity contribution is -0.132. The summed E-state index contributed by atoms with van der Waals surface area (Å²) in [4.78, 5) is 34.1. The summed E-state index contributed by atoms with van der Waals surface area (Å²) in [5, 5.41) is 5.87. The normalized spacial score (nSPS) is 14.0. The van der Waals surface area contributed by atoms with Crippen LogP contribution < -0.4 is 9.64 Å². The van der Waals surface area contributed by atoms with Gasteiger partial charge in [-0.3, -0.25) is 4.79 Å². The van der Waals surface area contributed by atoms with Gasteiger partial charge < -0.3 is 14.5 Å². The Morgan fingerprint density at radius 2 is 1.91 bits per heavy atom. The first kappa shape index (κ1) is 21.1. The van der Waals surface area contributed by atoms with Gasteiger partial charge in [0.2, 0.25) is 5.91 Å². The predicted molar refractivity (Wildman–Crippen MR) is 123 cm³/mol. The van der Waals surface area contributed by atoms with E-state index in [4.69, 9.17) is 16.3 Å². The van der Waals surface area contributed by atoms with Gasteiger partial charge in [-0.05, 0) is 18.2 Å². The minimum atomic E-state index is -0.0214. The van der Waals surface area contributed by atoms with Gasteiger partial charge in [0.25, 0.3) is 0 Å². The molecule has 1 aliphatic rings. The third kappa shape index (κ3) is 4.17. The largest absolute Gasteiger partial charge is 0.495 e. The van der Waals surface area contributed by atoms with Gasteiger partial charge in [-0.2, -0.15) is 5.10 Å². The molecule has 1 fully saturated rings. The van der Waals surface area contributed by atoms with Crippen LogP contribution in [0.25, 0.3) is 22.6 Å². The summed E-state index contributed by atoms with van der Waals surface area (Å²) >= 11 is 6.14. The summed E-state index contributed by atoms with van der Waals surface area (Å²) < 4.78 is 6.92. The Labute approximate surface area is 194 Å². The lowest BCUT2D eigenvalue weighted by Gasteiger charge is -2.36. The standard InChI is InChI=1S/C22H21ClN8O2/c1-33-18-11-15(3-4-17(18)23)29-7-9-30(10-8-29)19(32)13-31-22-16(12-24-14-27-22)20(28-31)21-25-5-2-6-26-21/h2-6,11-12,14H,7-10,13H2,1H3. The van der Waals surface area contributed by atoms with Gasteiger partial charge in [0.1, 0.15) is 24.3 Å². The lowest BCUT2D eigenvalue weighted by atomic mass is 10.2. The monoisotopic (exact) mass is 464 g/mol. The van der Waals surface area contributed by atoms with Gasteiger partial charge in [0.05, 0.1) is 17.5 Å². The van der Waals surface area contributed by atoms with Crippen molar-refractivity contribution in [3.63, 3.8) is 0 Å². The van der Waals surface area contributed by atoms with E-state index in [2.05, 4.69) is 29.9 Å². The van der Waals surface area contributed by atoms with Crippen LogP contribution in [0.15, 0.2) is 49.2 Å². The molecule has 0 bridgehead atoms. The fourth-order valence-electron chi connectivity index (χ4n) is 3.90. The predicted octanol–water partition coefficient (Wildman–Crippen LogP) is 2.29. The van der Waals surface area contributed by atoms with Crippen molar-refractivity contribution in [3.8, 4) is 17.3 Å². The molecule has 5 rings (SSSR count). The number of aromatic nitrogens is 6. The second kappa shape index (κ2) is 8.99. The molecular weight excluding hydrogens is 444 g/mol. The molecule has 168 valence electrons. The second-order valence-electron chi connectivity index (χ2n) is 7.53. The van der Waals surface area contributed by atoms with Gasteiger partial charge in [0, 0.05) is 56.5 Å². The first-order valence-electron chi connectivity index (χ1n) is 10.4. The van der Waals surface area contributed by atoms with E-state index in [1.165, 1.54) is 6.33 Å². The molecule has 3 aromatic heterocycles. The second-order valence-corrected chi connectivity index (χ2v) is 7.93. The molecule has 11 heteroatoms. The first-order chi connectivity index (χ1) is 16.1. The van der Waals surface area contributed by atoms with E-state index in [-0.39, 0.29) is 12.5 Å². The van der Waals surface area contributed by atoms with E-state index < -0.39 is 0 Å². The molecule has 0 unspecified atom stereocenters. The maximum Gasteiger partial charge on any atom is 0.244 e. The highest BCUT2D eigenvalue weighted by atomic mass is 35.5. The molecule has 1 aromatic carbocycles. The van der Waals surface area contributed by atoms with Crippen molar-refractivity contribution in [3.05, 3.63) is 54.2 Å². The van der Waals surface area contributed by atoms with Crippen LogP contribution in [0.2, 0.25) is 5.02 Å². The molecule has 1 amide bonds. The Morgan fingerprint density at radius 1 is 1.12 bits per heavy atom. The van der Waals surface area contributed by atoms with Crippen LogP contribution in [0.3, 0.4) is 0 Å². The Hall–Kier alpha value is -3.79. The molecule has 1 aliphatic heterocycles. The number of benzene rings is 1. The van der Waals surface area contributed by atoms with Crippen LogP contribution in [0.1, 0.15) is 0 Å². The summed E-state index contributed by atoms with van der Waals surface area (Å²) in [6.07, 6.45) is 6.41. The Bertz CT molecular complexity index is 1290. The van der Waals surface area contributed by atoms with Gasteiger partial charge in [-0.1, -0.05) is 11.6 Å². The number of hydrogen-bond acceptors (Lipinski definition) is 8. The number of ether oxygens (including phenoxy) is 1. The number of carbonyl (C=O) groups is 1. The van der Waals surface area contributed by atoms with Crippen molar-refractivity contribution in [2.45, 2.75) is 6.54 Å². The molecule has 0 radical (unpaired) electrons. The number of nitrogens with zero attached hydrogens (tertiary/aromatic N) is 8. The SMILES string of the molecule is COc1cc(N2CCN(C(=O)Cn3nc(-c4ncccn4)c4cncnc43)CC2)ccc1Cl. The van der Waals surface area contributed by atoms with Crippen LogP contribution in [0, 0.1) is 0 Å². The average Bonchev–Trinajstić information content (AvgIpc) is 3.23. The summed E-state index contributed by atoms with van der Waals surface area (Å²) in [5.41, 5.74) is 2.15. The number of carbonyl (C=O) groups excluding carboxylic acids is 1. The van der Waals surface area contributed by atoms with E-state index in [0.29, 0.717) is 59.5 Å². The lowest BCUT2D eigenvalue weighted by Crippen LogP contribution is -2.49. The van der Waals surface area contributed by atoms with E-state index in [9.17, 15) is 4.79 Å². The molecule has 10 nitrogen and oxygen atoms in total. The highest BCUT2D eigenvalue weighted by Gasteiger charge is 2.24. The Balaban J connectivity index is 1.30. The molecule has 0 aliphatic carbocycles. The van der Waals surface area contributed by atoms with E-state index >= 15 is 0 Å². The summed E-state index contributed by atoms with van der Waals surface area (Å²) in [7, 11) is 1.60. The van der Waals surface area contributed by atoms with Crippen molar-refractivity contribution in [2.24, 2.45) is 0 Å². The molecule has 0 saturated carbocycles. The minimum absolute atomic E-state index is 0.0214. The van der Waals surface area contributed by atoms with Crippen molar-refractivity contribution in [1.82, 2.24) is 34.6 Å². The molecule has 4 heterocycles. The summed E-state index contributed by atoms with van der Waals surface area (Å²) in [5.74, 6) is 1.08. The average molecular weight is 465 g/mol. The molecule has 0 N–H and O–H groups in total. The highest BCUT2D eigenvalue weighted by molar-refractivity contribution is 6.32. The first-order valence-corrected chi connectivity index (χ1v) is 10.8. The van der Waals surface area contributed by atoms with Crippen LogP contribution in [0.4, 0.5) is 5.69 Å². The quantitative estimate of drug-likeness (QED) is 0.443. The van der Waals surface area contributed by atoms with Gasteiger partial charge in [-0.25, -0.2) is 24.6 Å². The van der Waals surface area contributed by atoms with Crippen molar-refractivity contribution in [2.75, 3.05) is 38.2 Å². The highest BCUT2D eigenvalue weighted by Crippen LogP contribution is 2.30. The van der Waals surface area contributed by atoms with Gasteiger partial charge in [0.15, 0.2) is 11.5 Å². The number of anilines is 1. The van der Waals surface area contributed by atoms with Crippen molar-refractivity contribution in [1.29, 1.82) is 0 Å². The zero-order valence-corrected chi connectivity index (χ0v) is 18.7. The van der Waals surface area contributed by atoms with Gasteiger partial charge in [-0.15, -0.1) is 0 Å². The van der Waals surface area contributed by atoms with E-state index in [0.717, 1.165) is 5.69 Å². The number of hydrogen-bond donors (Lipinski definition) is 0. The molecular formula is C22H21ClN8O2. The molecule has 0 atom stereocenters. The fourth-order valence-corrected chi connectivity index (χ4v) is 4.10. The molecule has 33 heavy (non-hydrogen) atoms. The number of rotatable bonds is 5. The van der Waals surface area contributed by atoms with Crippen LogP contribution >= 0.6 is 11.6 Å². The Morgan fingerprint density at radius 3 is 2.67 bits per heavy atom. The molecule has 1 saturated heterocycles. The number of piperazine rings is 1. The number of amides is 1. The minimum Gasteiger partial charge on any atom is -0.495 e. The number of methoxy groups -OCH3 is 1. The van der Waals surface area contributed by atoms with Gasteiger partial charge >= 0.3 is 0 Å². The number of halogens is 1. The maximum atomic E-state index is 13.1. The number of fused-ring (bicyclic) bond motifs is 1. The van der Waals surface area contributed by atoms with E-state index in [1.54, 1.807) is 36.4 Å². The van der Waals surface area contributed by atoms with Crippen molar-refractivity contribution < 1.29 is 9.53 Å². The Kier molecular flexibility index (Phi) is 5.74. The topological polar surface area (TPSA) is 102 Å². The third-order valence-electron chi connectivity index (χ3n) is 5.61. The maximum absolute atomic E-state index is 13.1. The molecule has 4 aromatic rings. The third-order valence-corrected chi connectivity index (χ3v) is 5.92. The van der Waals surface area contributed by atoms with E-state index in [1.807, 2.05) is 23.1 Å². The zero-order chi connectivity index (χ0) is 22.8. The van der Waals surface area contributed by atoms with Crippen LogP contribution in [-0.4, -0.2) is 73.8 Å². The fraction of sp³-hybridized carbons (Fsp3) is 0.273. The molecule has 0 spiro atoms. The van der Waals surface area contributed by atoms with Crippen LogP contribution in [0.5, 0.6) is 5.75 Å². The summed E-state index contributed by atoms with van der Waals surface area (Å²) in [6, 6.07) is 7.45. The zero-order valence-electron chi connectivity index (χ0n) is 17.9. The van der Waals surface area contributed by atoms with Crippen LogP contribution in [-0.2, 0) is 11.3 Å². The summed E-state index contributed by atoms with van der Waals surface area (Å²) in [6.45, 7) is 2.71.